The van der Waals surface area contributed by atoms with Gasteiger partial charge in [0.05, 0.1) is 12.0 Å². The second-order valence-corrected chi connectivity index (χ2v) is 9.82. The Hall–Kier alpha value is -2.58. The van der Waals surface area contributed by atoms with Crippen molar-refractivity contribution in [2.24, 2.45) is 0 Å². The predicted molar refractivity (Wildman–Crippen MR) is 126 cm³/mol. The Kier molecular flexibility index (Phi) is 7.23. The lowest BCUT2D eigenvalue weighted by atomic mass is 10.0. The third-order valence-electron chi connectivity index (χ3n) is 5.59. The van der Waals surface area contributed by atoms with Crippen LogP contribution in [-0.2, 0) is 10.0 Å². The van der Waals surface area contributed by atoms with Crippen LogP contribution in [0.2, 0.25) is 0 Å². The maximum atomic E-state index is 12.9. The first-order valence-electron chi connectivity index (χ1n) is 10.5. The Morgan fingerprint density at radius 3 is 2.52 bits per heavy atom. The van der Waals surface area contributed by atoms with Crippen LogP contribution in [0.15, 0.2) is 53.9 Å². The highest BCUT2D eigenvalue weighted by Gasteiger charge is 2.25. The first-order chi connectivity index (χ1) is 14.7. The Morgan fingerprint density at radius 1 is 1.23 bits per heavy atom. The van der Waals surface area contributed by atoms with E-state index in [9.17, 15) is 8.42 Å². The summed E-state index contributed by atoms with van der Waals surface area (Å²) in [6.07, 6.45) is 1.92. The van der Waals surface area contributed by atoms with E-state index in [1.54, 1.807) is 18.2 Å². The zero-order valence-electron chi connectivity index (χ0n) is 18.7. The smallest absolute Gasteiger partial charge is 0.262 e. The molecule has 1 fully saturated rings. The zero-order valence-corrected chi connectivity index (χ0v) is 19.5. The van der Waals surface area contributed by atoms with Crippen molar-refractivity contribution in [3.63, 3.8) is 0 Å². The van der Waals surface area contributed by atoms with Crippen molar-refractivity contribution >= 4 is 21.5 Å². The minimum absolute atomic E-state index is 0.204. The van der Waals surface area contributed by atoms with Crippen LogP contribution in [0, 0.1) is 0 Å². The van der Waals surface area contributed by atoms with Gasteiger partial charge in [0.25, 0.3) is 10.0 Å². The van der Waals surface area contributed by atoms with E-state index in [1.165, 1.54) is 7.11 Å². The molecule has 0 amide bonds. The number of hydrogen-bond donors (Lipinski definition) is 1. The van der Waals surface area contributed by atoms with Crippen LogP contribution in [0.4, 0.5) is 11.5 Å². The van der Waals surface area contributed by atoms with Crippen molar-refractivity contribution in [3.8, 4) is 5.88 Å². The van der Waals surface area contributed by atoms with E-state index in [1.807, 2.05) is 24.3 Å². The summed E-state index contributed by atoms with van der Waals surface area (Å²) in [6, 6.07) is 10.8. The summed E-state index contributed by atoms with van der Waals surface area (Å²) in [5, 5.41) is 0. The molecule has 0 unspecified atom stereocenters. The second kappa shape index (κ2) is 9.70. The Labute approximate surface area is 185 Å². The monoisotopic (exact) mass is 444 g/mol. The molecule has 1 aliphatic heterocycles. The molecule has 31 heavy (non-hydrogen) atoms. The molecule has 1 aromatic heterocycles. The fraction of sp³-hybridized carbons (Fsp3) is 0.435. The van der Waals surface area contributed by atoms with Crippen LogP contribution in [0.25, 0.3) is 0 Å². The van der Waals surface area contributed by atoms with Gasteiger partial charge in [-0.1, -0.05) is 32.1 Å². The third kappa shape index (κ3) is 5.37. The molecule has 1 aromatic carbocycles. The number of ether oxygens (including phenoxy) is 1. The molecule has 8 heteroatoms. The number of nitrogens with zero attached hydrogens (tertiary/aromatic N) is 3. The van der Waals surface area contributed by atoms with Gasteiger partial charge in [-0.25, -0.2) is 8.42 Å². The molecule has 7 nitrogen and oxygen atoms in total. The molecule has 0 spiro atoms. The van der Waals surface area contributed by atoms with Gasteiger partial charge in [0.2, 0.25) is 5.88 Å². The molecule has 168 valence electrons. The van der Waals surface area contributed by atoms with Crippen LogP contribution >= 0.6 is 0 Å². The fourth-order valence-electron chi connectivity index (χ4n) is 3.72. The predicted octanol–water partition coefficient (Wildman–Crippen LogP) is 3.71. The van der Waals surface area contributed by atoms with Gasteiger partial charge in [-0.05, 0) is 42.7 Å². The molecule has 0 bridgehead atoms. The highest BCUT2D eigenvalue weighted by molar-refractivity contribution is 7.92. The van der Waals surface area contributed by atoms with Crippen molar-refractivity contribution in [2.45, 2.75) is 37.6 Å². The van der Waals surface area contributed by atoms with Crippen molar-refractivity contribution in [3.05, 3.63) is 54.6 Å². The van der Waals surface area contributed by atoms with Crippen molar-refractivity contribution in [1.29, 1.82) is 0 Å². The lowest BCUT2D eigenvalue weighted by Crippen LogP contribution is -2.52. The van der Waals surface area contributed by atoms with Crippen LogP contribution < -0.4 is 14.4 Å². The minimum atomic E-state index is -3.75. The van der Waals surface area contributed by atoms with Crippen LogP contribution in [0.3, 0.4) is 0 Å². The van der Waals surface area contributed by atoms with Gasteiger partial charge in [0.1, 0.15) is 11.5 Å². The number of rotatable bonds is 8. The quantitative estimate of drug-likeness (QED) is 0.626. The summed E-state index contributed by atoms with van der Waals surface area (Å²) in [5.74, 6) is 1.36. The van der Waals surface area contributed by atoms with Crippen molar-refractivity contribution < 1.29 is 13.2 Å². The van der Waals surface area contributed by atoms with Crippen LogP contribution in [0.1, 0.15) is 32.3 Å². The summed E-state index contributed by atoms with van der Waals surface area (Å²) in [4.78, 5) is 9.34. The molecular formula is C23H32N4O3S. The first-order valence-corrected chi connectivity index (χ1v) is 12.0. The average Bonchev–Trinajstić information content (AvgIpc) is 2.75. The summed E-state index contributed by atoms with van der Waals surface area (Å²) >= 11 is 0. The molecule has 0 aliphatic carbocycles. The molecule has 1 atom stereocenters. The second-order valence-electron chi connectivity index (χ2n) is 8.13. The van der Waals surface area contributed by atoms with Crippen molar-refractivity contribution in [2.75, 3.05) is 42.9 Å². The average molecular weight is 445 g/mol. The number of anilines is 2. The number of benzene rings is 1. The topological polar surface area (TPSA) is 74.8 Å². The molecule has 1 saturated heterocycles. The summed E-state index contributed by atoms with van der Waals surface area (Å²) in [6.45, 7) is 13.6. The molecule has 0 radical (unpaired) electrons. The number of piperazine rings is 1. The van der Waals surface area contributed by atoms with Crippen LogP contribution in [-0.4, -0.2) is 57.6 Å². The minimum Gasteiger partial charge on any atom is -0.479 e. The maximum absolute atomic E-state index is 12.9. The van der Waals surface area contributed by atoms with Crippen LogP contribution in [0.5, 0.6) is 5.88 Å². The molecule has 1 aliphatic rings. The zero-order chi connectivity index (χ0) is 22.6. The third-order valence-corrected chi connectivity index (χ3v) is 6.97. The molecule has 2 heterocycles. The Morgan fingerprint density at radius 2 is 1.94 bits per heavy atom. The van der Waals surface area contributed by atoms with E-state index in [0.29, 0.717) is 17.6 Å². The fourth-order valence-corrected chi connectivity index (χ4v) is 4.77. The van der Waals surface area contributed by atoms with Gasteiger partial charge in [0, 0.05) is 32.2 Å². The van der Waals surface area contributed by atoms with E-state index in [-0.39, 0.29) is 10.8 Å². The SMILES string of the molecule is C=CCN1CCN(c2ccc(NS(=O)(=O)c3ccc(C(C)C)cc3)c(OC)n2)C[C@@H]1C. The number of nitrogens with one attached hydrogen (secondary N) is 1. The van der Waals surface area contributed by atoms with E-state index in [2.05, 4.69) is 46.9 Å². The first kappa shape index (κ1) is 23.1. The normalized spacial score (nSPS) is 17.6. The van der Waals surface area contributed by atoms with E-state index in [4.69, 9.17) is 4.74 Å². The molecule has 2 aromatic rings. The molecule has 3 rings (SSSR count). The van der Waals surface area contributed by atoms with Gasteiger partial charge in [-0.15, -0.1) is 6.58 Å². The summed E-state index contributed by atoms with van der Waals surface area (Å²) in [5.41, 5.74) is 1.41. The molecular weight excluding hydrogens is 412 g/mol. The number of pyridine rings is 1. The van der Waals surface area contributed by atoms with E-state index < -0.39 is 10.0 Å². The van der Waals surface area contributed by atoms with Gasteiger partial charge >= 0.3 is 0 Å². The summed E-state index contributed by atoms with van der Waals surface area (Å²) < 4.78 is 33.7. The van der Waals surface area contributed by atoms with Gasteiger partial charge < -0.3 is 9.64 Å². The van der Waals surface area contributed by atoms with Crippen molar-refractivity contribution in [1.82, 2.24) is 9.88 Å². The van der Waals surface area contributed by atoms with Gasteiger partial charge in [-0.2, -0.15) is 4.98 Å². The Balaban J connectivity index is 1.78. The number of sulfonamides is 1. The highest BCUT2D eigenvalue weighted by atomic mass is 32.2. The molecule has 0 saturated carbocycles. The number of hydrogen-bond acceptors (Lipinski definition) is 6. The van der Waals surface area contributed by atoms with Gasteiger partial charge in [0.15, 0.2) is 0 Å². The van der Waals surface area contributed by atoms with E-state index >= 15 is 0 Å². The largest absolute Gasteiger partial charge is 0.479 e. The van der Waals surface area contributed by atoms with Gasteiger partial charge in [-0.3, -0.25) is 9.62 Å². The lowest BCUT2D eigenvalue weighted by Gasteiger charge is -2.40. The highest BCUT2D eigenvalue weighted by Crippen LogP contribution is 2.29. The number of methoxy groups -OCH3 is 1. The maximum Gasteiger partial charge on any atom is 0.262 e. The Bertz CT molecular complexity index is 1010. The molecule has 1 N–H and O–H groups in total. The van der Waals surface area contributed by atoms with E-state index in [0.717, 1.165) is 37.6 Å². The summed E-state index contributed by atoms with van der Waals surface area (Å²) in [7, 11) is -2.26. The number of aromatic nitrogens is 1. The lowest BCUT2D eigenvalue weighted by molar-refractivity contribution is 0.209. The standard InChI is InChI=1S/C23H32N4O3S/c1-6-13-26-14-15-27(16-18(26)4)22-12-11-21(23(24-22)30-5)25-31(28,29)20-9-7-19(8-10-20)17(2)3/h6-12,17-18,25H,1,13-16H2,2-5H3/t18-/m0/s1.